The topological polar surface area (TPSA) is 75.4 Å². The Morgan fingerprint density at radius 2 is 2.13 bits per heavy atom. The first kappa shape index (κ1) is 17.4. The van der Waals surface area contributed by atoms with Crippen LogP contribution in [0.25, 0.3) is 0 Å². The van der Waals surface area contributed by atoms with Crippen molar-refractivity contribution in [2.24, 2.45) is 0 Å². The molecule has 0 saturated carbocycles. The van der Waals surface area contributed by atoms with E-state index in [-0.39, 0.29) is 17.2 Å². The van der Waals surface area contributed by atoms with Gasteiger partial charge in [0.05, 0.1) is 24.3 Å². The summed E-state index contributed by atoms with van der Waals surface area (Å²) in [6.45, 7) is 3.20. The molecule has 0 bridgehead atoms. The van der Waals surface area contributed by atoms with Gasteiger partial charge < -0.3 is 14.9 Å². The summed E-state index contributed by atoms with van der Waals surface area (Å²) >= 11 is 5.78. The second-order valence-electron chi connectivity index (χ2n) is 5.17. The number of rotatable bonds is 5. The van der Waals surface area contributed by atoms with E-state index >= 15 is 0 Å². The lowest BCUT2D eigenvalue weighted by molar-refractivity contribution is -0.121. The van der Waals surface area contributed by atoms with Gasteiger partial charge in [0.25, 0.3) is 0 Å². The molecule has 0 radical (unpaired) electrons. The van der Waals surface area contributed by atoms with E-state index in [2.05, 4.69) is 10.5 Å². The number of nitrogens with one attached hydrogen (secondary N) is 1. The Hall–Kier alpha value is -1.99. The molecule has 2 aromatic rings. The quantitative estimate of drug-likeness (QED) is 0.874. The van der Waals surface area contributed by atoms with E-state index in [1.165, 1.54) is 6.07 Å². The smallest absolute Gasteiger partial charge is 0.229 e. The Bertz CT molecular complexity index is 701. The highest BCUT2D eigenvalue weighted by Gasteiger charge is 2.21. The standard InChI is InChI=1S/C15H15ClF2N2O3/c1-7-10(15(16)23-20-7)6-13(21)19-8(2)14(22)9-3-4-11(17)12(18)5-9/h3-5,8,14,22H,6H2,1-2H3,(H,19,21). The van der Waals surface area contributed by atoms with Gasteiger partial charge >= 0.3 is 0 Å². The molecule has 2 atom stereocenters. The van der Waals surface area contributed by atoms with Gasteiger partial charge in [-0.15, -0.1) is 0 Å². The highest BCUT2D eigenvalue weighted by atomic mass is 35.5. The second-order valence-corrected chi connectivity index (χ2v) is 5.51. The molecule has 2 rings (SSSR count). The number of nitrogens with zero attached hydrogens (tertiary/aromatic N) is 1. The summed E-state index contributed by atoms with van der Waals surface area (Å²) in [7, 11) is 0. The molecule has 1 aromatic carbocycles. The summed E-state index contributed by atoms with van der Waals surface area (Å²) in [6.07, 6.45) is -1.25. The van der Waals surface area contributed by atoms with Crippen LogP contribution in [0, 0.1) is 18.6 Å². The highest BCUT2D eigenvalue weighted by molar-refractivity contribution is 6.29. The Labute approximate surface area is 136 Å². The average molecular weight is 345 g/mol. The number of hydrogen-bond donors (Lipinski definition) is 2. The van der Waals surface area contributed by atoms with Crippen LogP contribution in [0.2, 0.25) is 5.22 Å². The first-order valence-corrected chi connectivity index (χ1v) is 7.20. The van der Waals surface area contributed by atoms with Crippen molar-refractivity contribution in [1.82, 2.24) is 10.5 Å². The number of amides is 1. The van der Waals surface area contributed by atoms with Crippen LogP contribution in [-0.2, 0) is 11.2 Å². The minimum atomic E-state index is -1.19. The Morgan fingerprint density at radius 3 is 2.70 bits per heavy atom. The van der Waals surface area contributed by atoms with Crippen molar-refractivity contribution >= 4 is 17.5 Å². The van der Waals surface area contributed by atoms with Crippen molar-refractivity contribution in [2.75, 3.05) is 0 Å². The van der Waals surface area contributed by atoms with Crippen molar-refractivity contribution in [1.29, 1.82) is 0 Å². The highest BCUT2D eigenvalue weighted by Crippen LogP contribution is 2.21. The van der Waals surface area contributed by atoms with Crippen molar-refractivity contribution in [3.63, 3.8) is 0 Å². The van der Waals surface area contributed by atoms with Crippen LogP contribution in [0.4, 0.5) is 8.78 Å². The molecule has 0 aliphatic rings. The van der Waals surface area contributed by atoms with Crippen molar-refractivity contribution < 1.29 is 23.2 Å². The molecule has 1 aromatic heterocycles. The lowest BCUT2D eigenvalue weighted by atomic mass is 10.0. The molecule has 23 heavy (non-hydrogen) atoms. The van der Waals surface area contributed by atoms with Gasteiger partial charge in [-0.2, -0.15) is 0 Å². The van der Waals surface area contributed by atoms with Crippen molar-refractivity contribution in [3.05, 3.63) is 51.9 Å². The lowest BCUT2D eigenvalue weighted by Crippen LogP contribution is -2.38. The summed E-state index contributed by atoms with van der Waals surface area (Å²) in [5.41, 5.74) is 1.12. The first-order chi connectivity index (χ1) is 10.8. The van der Waals surface area contributed by atoms with E-state index < -0.39 is 29.7 Å². The lowest BCUT2D eigenvalue weighted by Gasteiger charge is -2.20. The SMILES string of the molecule is Cc1noc(Cl)c1CC(=O)NC(C)C(O)c1ccc(F)c(F)c1. The number of aliphatic hydroxyl groups is 1. The van der Waals surface area contributed by atoms with Crippen molar-refractivity contribution in [3.8, 4) is 0 Å². The Balaban J connectivity index is 2.01. The van der Waals surface area contributed by atoms with Crippen LogP contribution in [0.1, 0.15) is 29.8 Å². The molecule has 0 fully saturated rings. The maximum absolute atomic E-state index is 13.2. The fourth-order valence-electron chi connectivity index (χ4n) is 2.09. The zero-order valence-electron chi connectivity index (χ0n) is 12.4. The van der Waals surface area contributed by atoms with E-state index in [0.29, 0.717) is 11.3 Å². The average Bonchev–Trinajstić information content (AvgIpc) is 2.81. The minimum Gasteiger partial charge on any atom is -0.386 e. The van der Waals surface area contributed by atoms with Gasteiger partial charge in [-0.3, -0.25) is 4.79 Å². The number of hydrogen-bond acceptors (Lipinski definition) is 4. The number of aryl methyl sites for hydroxylation is 1. The van der Waals surface area contributed by atoms with Crippen molar-refractivity contribution in [2.45, 2.75) is 32.4 Å². The van der Waals surface area contributed by atoms with Gasteiger partial charge in [0.2, 0.25) is 11.1 Å². The zero-order chi connectivity index (χ0) is 17.1. The number of carbonyl (C=O) groups excluding carboxylic acids is 1. The fourth-order valence-corrected chi connectivity index (χ4v) is 2.33. The number of carbonyl (C=O) groups is 1. The van der Waals surface area contributed by atoms with Crippen LogP contribution in [0.3, 0.4) is 0 Å². The van der Waals surface area contributed by atoms with Gasteiger partial charge in [-0.1, -0.05) is 11.2 Å². The Morgan fingerprint density at radius 1 is 1.43 bits per heavy atom. The molecule has 5 nitrogen and oxygen atoms in total. The number of benzene rings is 1. The van der Waals surface area contributed by atoms with E-state index in [1.807, 2.05) is 0 Å². The third-order valence-electron chi connectivity index (χ3n) is 3.42. The maximum atomic E-state index is 13.2. The van der Waals surface area contributed by atoms with Crippen LogP contribution in [-0.4, -0.2) is 22.2 Å². The van der Waals surface area contributed by atoms with Crippen LogP contribution < -0.4 is 5.32 Å². The van der Waals surface area contributed by atoms with E-state index in [4.69, 9.17) is 16.1 Å². The first-order valence-electron chi connectivity index (χ1n) is 6.82. The van der Waals surface area contributed by atoms with Crippen LogP contribution >= 0.6 is 11.6 Å². The molecule has 0 saturated heterocycles. The molecule has 0 aliphatic carbocycles. The van der Waals surface area contributed by atoms with Gasteiger partial charge in [0.1, 0.15) is 0 Å². The van der Waals surface area contributed by atoms with Gasteiger partial charge in [-0.05, 0) is 43.1 Å². The van der Waals surface area contributed by atoms with E-state index in [9.17, 15) is 18.7 Å². The van der Waals surface area contributed by atoms with Crippen LogP contribution in [0.15, 0.2) is 22.7 Å². The summed E-state index contributed by atoms with van der Waals surface area (Å²) in [4.78, 5) is 12.0. The third-order valence-corrected chi connectivity index (χ3v) is 3.72. The molecule has 124 valence electrons. The largest absolute Gasteiger partial charge is 0.386 e. The van der Waals surface area contributed by atoms with E-state index in [0.717, 1.165) is 12.1 Å². The van der Waals surface area contributed by atoms with Crippen LogP contribution in [0.5, 0.6) is 0 Å². The zero-order valence-corrected chi connectivity index (χ0v) is 13.2. The summed E-state index contributed by atoms with van der Waals surface area (Å²) in [5, 5.41) is 16.4. The molecule has 1 amide bonds. The number of aromatic nitrogens is 1. The molecule has 0 spiro atoms. The van der Waals surface area contributed by atoms with E-state index in [1.54, 1.807) is 13.8 Å². The normalized spacial score (nSPS) is 13.7. The minimum absolute atomic E-state index is 0.0338. The van der Waals surface area contributed by atoms with Gasteiger partial charge in [0, 0.05) is 5.56 Å². The monoisotopic (exact) mass is 344 g/mol. The maximum Gasteiger partial charge on any atom is 0.229 e. The molecule has 1 heterocycles. The molecule has 2 N–H and O–H groups in total. The predicted molar refractivity (Wildman–Crippen MR) is 78.9 cm³/mol. The predicted octanol–water partition coefficient (Wildman–Crippen LogP) is 2.70. The summed E-state index contributed by atoms with van der Waals surface area (Å²) in [5.74, 6) is -2.48. The third kappa shape index (κ3) is 4.05. The second kappa shape index (κ2) is 7.06. The molecular formula is C15H15ClF2N2O3. The summed E-state index contributed by atoms with van der Waals surface area (Å²) in [6, 6.07) is 2.35. The van der Waals surface area contributed by atoms with Gasteiger partial charge in [-0.25, -0.2) is 8.78 Å². The number of aliphatic hydroxyl groups excluding tert-OH is 1. The molecule has 0 aliphatic heterocycles. The Kier molecular flexibility index (Phi) is 5.33. The molecular weight excluding hydrogens is 330 g/mol. The summed E-state index contributed by atoms with van der Waals surface area (Å²) < 4.78 is 30.9. The van der Waals surface area contributed by atoms with Gasteiger partial charge in [0.15, 0.2) is 11.6 Å². The fraction of sp³-hybridized carbons (Fsp3) is 0.333. The number of halogens is 3. The molecule has 8 heteroatoms. The molecule has 2 unspecified atom stereocenters.